The summed E-state index contributed by atoms with van der Waals surface area (Å²) in [5.74, 6) is -1.78. The average Bonchev–Trinajstić information content (AvgIpc) is 2.33. The van der Waals surface area contributed by atoms with Crippen molar-refractivity contribution < 1.29 is 35.9 Å². The smallest absolute Gasteiger partial charge is 0.462 e. The fourth-order valence-electron chi connectivity index (χ4n) is 1.44. The van der Waals surface area contributed by atoms with Crippen LogP contribution in [0.2, 0.25) is 0 Å². The minimum absolute atomic E-state index is 0.190. The lowest BCUT2D eigenvalue weighted by molar-refractivity contribution is -0.275. The Bertz CT molecular complexity index is 676. The standard InChI is InChI=1S/C12H13BrF3NO5S/c1-7(2)21-11(18)6-17-23(19,20)10-4-3-8(13)5-9(10)22-12(14,15)16/h3-5,7,17H,6H2,1-2H3. The Morgan fingerprint density at radius 1 is 1.35 bits per heavy atom. The van der Waals surface area contributed by atoms with Crippen molar-refractivity contribution in [2.45, 2.75) is 31.2 Å². The van der Waals surface area contributed by atoms with E-state index in [0.717, 1.165) is 12.1 Å². The van der Waals surface area contributed by atoms with Gasteiger partial charge in [-0.2, -0.15) is 4.72 Å². The molecule has 0 amide bonds. The van der Waals surface area contributed by atoms with Gasteiger partial charge >= 0.3 is 12.3 Å². The maximum atomic E-state index is 12.4. The fourth-order valence-corrected chi connectivity index (χ4v) is 2.86. The Morgan fingerprint density at radius 2 is 1.96 bits per heavy atom. The Hall–Kier alpha value is -1.33. The summed E-state index contributed by atoms with van der Waals surface area (Å²) in [4.78, 5) is 10.6. The predicted octanol–water partition coefficient (Wildman–Crippen LogP) is 2.58. The molecule has 0 aliphatic rings. The molecule has 23 heavy (non-hydrogen) atoms. The fraction of sp³-hybridized carbons (Fsp3) is 0.417. The highest BCUT2D eigenvalue weighted by Gasteiger charge is 2.34. The van der Waals surface area contributed by atoms with Crippen LogP contribution >= 0.6 is 15.9 Å². The van der Waals surface area contributed by atoms with E-state index in [9.17, 15) is 26.4 Å². The first kappa shape index (κ1) is 19.7. The zero-order valence-corrected chi connectivity index (χ0v) is 14.4. The molecule has 11 heteroatoms. The molecule has 130 valence electrons. The van der Waals surface area contributed by atoms with Gasteiger partial charge in [0.15, 0.2) is 5.75 Å². The molecule has 1 aromatic rings. The molecule has 6 nitrogen and oxygen atoms in total. The van der Waals surface area contributed by atoms with E-state index in [4.69, 9.17) is 4.74 Å². The topological polar surface area (TPSA) is 81.7 Å². The predicted molar refractivity (Wildman–Crippen MR) is 77.2 cm³/mol. The van der Waals surface area contributed by atoms with Gasteiger partial charge in [-0.3, -0.25) is 4.79 Å². The number of sulfonamides is 1. The highest BCUT2D eigenvalue weighted by Crippen LogP contribution is 2.32. The minimum atomic E-state index is -5.07. The maximum Gasteiger partial charge on any atom is 0.573 e. The van der Waals surface area contributed by atoms with Crippen LogP contribution in [0.4, 0.5) is 13.2 Å². The largest absolute Gasteiger partial charge is 0.573 e. The third-order valence-electron chi connectivity index (χ3n) is 2.19. The van der Waals surface area contributed by atoms with E-state index < -0.39 is 45.6 Å². The molecule has 1 aromatic carbocycles. The van der Waals surface area contributed by atoms with Crippen LogP contribution in [0.5, 0.6) is 5.75 Å². The zero-order chi connectivity index (χ0) is 17.8. The molecule has 0 radical (unpaired) electrons. The van der Waals surface area contributed by atoms with E-state index in [-0.39, 0.29) is 4.47 Å². The summed E-state index contributed by atoms with van der Waals surface area (Å²) in [5.41, 5.74) is 0. The van der Waals surface area contributed by atoms with Crippen LogP contribution in [0.3, 0.4) is 0 Å². The van der Waals surface area contributed by atoms with Gasteiger partial charge in [0.25, 0.3) is 0 Å². The van der Waals surface area contributed by atoms with Crippen molar-refractivity contribution in [1.82, 2.24) is 4.72 Å². The quantitative estimate of drug-likeness (QED) is 0.716. The third kappa shape index (κ3) is 6.75. The molecule has 1 N–H and O–H groups in total. The van der Waals surface area contributed by atoms with Crippen molar-refractivity contribution in [3.63, 3.8) is 0 Å². The molecule has 0 unspecified atom stereocenters. The van der Waals surface area contributed by atoms with Crippen molar-refractivity contribution in [1.29, 1.82) is 0 Å². The lowest BCUT2D eigenvalue weighted by Crippen LogP contribution is -2.32. The van der Waals surface area contributed by atoms with Gasteiger partial charge in [-0.05, 0) is 32.0 Å². The Morgan fingerprint density at radius 3 is 2.48 bits per heavy atom. The molecule has 0 atom stereocenters. The Labute approximate surface area is 139 Å². The van der Waals surface area contributed by atoms with E-state index in [2.05, 4.69) is 20.7 Å². The molecule has 0 aliphatic carbocycles. The van der Waals surface area contributed by atoms with Crippen molar-refractivity contribution in [2.75, 3.05) is 6.54 Å². The maximum absolute atomic E-state index is 12.4. The van der Waals surface area contributed by atoms with Crippen molar-refractivity contribution in [3.05, 3.63) is 22.7 Å². The number of hydrogen-bond donors (Lipinski definition) is 1. The van der Waals surface area contributed by atoms with E-state index in [0.29, 0.717) is 0 Å². The first-order chi connectivity index (χ1) is 10.4. The van der Waals surface area contributed by atoms with Crippen LogP contribution < -0.4 is 9.46 Å². The minimum Gasteiger partial charge on any atom is -0.462 e. The van der Waals surface area contributed by atoms with Gasteiger partial charge in [0, 0.05) is 4.47 Å². The molecule has 0 fully saturated rings. The second-order valence-electron chi connectivity index (χ2n) is 4.50. The number of carbonyl (C=O) groups is 1. The summed E-state index contributed by atoms with van der Waals surface area (Å²) in [5, 5.41) is 0. The molecular formula is C12H13BrF3NO5S. The molecule has 0 spiro atoms. The van der Waals surface area contributed by atoms with Gasteiger partial charge < -0.3 is 9.47 Å². The molecule has 1 rings (SSSR count). The summed E-state index contributed by atoms with van der Waals surface area (Å²) in [7, 11) is -4.41. The lowest BCUT2D eigenvalue weighted by atomic mass is 10.3. The molecule has 0 aromatic heterocycles. The van der Waals surface area contributed by atoms with Crippen LogP contribution in [0.25, 0.3) is 0 Å². The number of hydrogen-bond acceptors (Lipinski definition) is 5. The van der Waals surface area contributed by atoms with Crippen LogP contribution in [0, 0.1) is 0 Å². The number of rotatable bonds is 6. The number of benzene rings is 1. The van der Waals surface area contributed by atoms with Crippen LogP contribution in [0.1, 0.15) is 13.8 Å². The molecule has 0 heterocycles. The molecule has 0 aliphatic heterocycles. The lowest BCUT2D eigenvalue weighted by Gasteiger charge is -2.14. The van der Waals surface area contributed by atoms with Gasteiger partial charge in [-0.25, -0.2) is 8.42 Å². The summed E-state index contributed by atoms with van der Waals surface area (Å²) < 4.78 is 71.7. The summed E-state index contributed by atoms with van der Waals surface area (Å²) >= 11 is 2.92. The number of carbonyl (C=O) groups excluding carboxylic acids is 1. The molecular weight excluding hydrogens is 407 g/mol. The average molecular weight is 420 g/mol. The summed E-state index contributed by atoms with van der Waals surface area (Å²) in [6, 6.07) is 3.00. The SMILES string of the molecule is CC(C)OC(=O)CNS(=O)(=O)c1ccc(Br)cc1OC(F)(F)F. The van der Waals surface area contributed by atoms with Crippen molar-refractivity contribution in [2.24, 2.45) is 0 Å². The highest BCUT2D eigenvalue weighted by molar-refractivity contribution is 9.10. The number of esters is 1. The van der Waals surface area contributed by atoms with E-state index in [1.807, 2.05) is 4.72 Å². The zero-order valence-electron chi connectivity index (χ0n) is 12.0. The summed E-state index contributed by atoms with van der Waals surface area (Å²) in [6.45, 7) is 2.41. The number of nitrogens with one attached hydrogen (secondary N) is 1. The van der Waals surface area contributed by atoms with Gasteiger partial charge in [0.2, 0.25) is 10.0 Å². The van der Waals surface area contributed by atoms with Crippen molar-refractivity contribution >= 4 is 31.9 Å². The summed E-state index contributed by atoms with van der Waals surface area (Å²) in [6.07, 6.45) is -5.52. The van der Waals surface area contributed by atoms with Gasteiger partial charge in [-0.1, -0.05) is 15.9 Å². The Kier molecular flexibility index (Phi) is 6.42. The van der Waals surface area contributed by atoms with Crippen LogP contribution in [-0.4, -0.2) is 33.4 Å². The third-order valence-corrected chi connectivity index (χ3v) is 4.13. The van der Waals surface area contributed by atoms with Gasteiger partial charge in [-0.15, -0.1) is 13.2 Å². The first-order valence-corrected chi connectivity index (χ1v) is 8.43. The van der Waals surface area contributed by atoms with Gasteiger partial charge in [0.05, 0.1) is 6.10 Å². The van der Waals surface area contributed by atoms with Crippen LogP contribution in [-0.2, 0) is 19.6 Å². The van der Waals surface area contributed by atoms with E-state index in [1.165, 1.54) is 6.07 Å². The highest BCUT2D eigenvalue weighted by atomic mass is 79.9. The van der Waals surface area contributed by atoms with E-state index >= 15 is 0 Å². The number of alkyl halides is 3. The first-order valence-electron chi connectivity index (χ1n) is 6.15. The second-order valence-corrected chi connectivity index (χ2v) is 7.15. The number of ether oxygens (including phenoxy) is 2. The normalized spacial score (nSPS) is 12.3. The monoisotopic (exact) mass is 419 g/mol. The molecule has 0 bridgehead atoms. The molecule has 0 saturated heterocycles. The molecule has 0 saturated carbocycles. The second kappa shape index (κ2) is 7.49. The van der Waals surface area contributed by atoms with E-state index in [1.54, 1.807) is 13.8 Å². The van der Waals surface area contributed by atoms with Crippen molar-refractivity contribution in [3.8, 4) is 5.75 Å². The van der Waals surface area contributed by atoms with Gasteiger partial charge in [0.1, 0.15) is 11.4 Å². The number of halogens is 4. The van der Waals surface area contributed by atoms with Crippen LogP contribution in [0.15, 0.2) is 27.6 Å². The Balaban J connectivity index is 3.01.